The lowest BCUT2D eigenvalue weighted by atomic mass is 10.1. The maximum absolute atomic E-state index is 12.3. The van der Waals surface area contributed by atoms with Gasteiger partial charge < -0.3 is 15.8 Å². The molecule has 0 heterocycles. The number of oxime groups is 1. The van der Waals surface area contributed by atoms with Gasteiger partial charge in [0.2, 0.25) is 5.91 Å². The zero-order chi connectivity index (χ0) is 15.8. The molecule has 21 heavy (non-hydrogen) atoms. The summed E-state index contributed by atoms with van der Waals surface area (Å²) < 4.78 is 0. The van der Waals surface area contributed by atoms with E-state index in [4.69, 9.17) is 10.9 Å². The summed E-state index contributed by atoms with van der Waals surface area (Å²) in [6, 6.07) is 8.32. The van der Waals surface area contributed by atoms with Crippen LogP contribution in [0.3, 0.4) is 0 Å². The molecule has 0 aliphatic heterocycles. The predicted octanol–water partition coefficient (Wildman–Crippen LogP) is 2.30. The van der Waals surface area contributed by atoms with Gasteiger partial charge in [-0.05, 0) is 32.8 Å². The third-order valence-electron chi connectivity index (χ3n) is 3.43. The Bertz CT molecular complexity index is 481. The van der Waals surface area contributed by atoms with E-state index in [1.807, 2.05) is 20.8 Å². The molecule has 0 aliphatic rings. The molecule has 5 heteroatoms. The summed E-state index contributed by atoms with van der Waals surface area (Å²) >= 11 is 0. The molecule has 0 unspecified atom stereocenters. The van der Waals surface area contributed by atoms with Gasteiger partial charge in [-0.2, -0.15) is 0 Å². The van der Waals surface area contributed by atoms with E-state index < -0.39 is 0 Å². The SMILES string of the molecule is Cc1ccc(CCC(=O)N(CCC(N)=NO)C(C)C)cc1. The molecule has 0 saturated carbocycles. The van der Waals surface area contributed by atoms with Crippen LogP contribution in [0.5, 0.6) is 0 Å². The smallest absolute Gasteiger partial charge is 0.223 e. The van der Waals surface area contributed by atoms with Crippen molar-refractivity contribution in [2.45, 2.75) is 46.1 Å². The number of hydrogen-bond donors (Lipinski definition) is 2. The van der Waals surface area contributed by atoms with Crippen LogP contribution >= 0.6 is 0 Å². The quantitative estimate of drug-likeness (QED) is 0.350. The largest absolute Gasteiger partial charge is 0.409 e. The fourth-order valence-electron chi connectivity index (χ4n) is 2.11. The van der Waals surface area contributed by atoms with E-state index in [-0.39, 0.29) is 17.8 Å². The van der Waals surface area contributed by atoms with E-state index in [2.05, 4.69) is 29.4 Å². The van der Waals surface area contributed by atoms with Crippen LogP contribution in [0.4, 0.5) is 0 Å². The van der Waals surface area contributed by atoms with Gasteiger partial charge in [-0.1, -0.05) is 35.0 Å². The molecule has 0 aromatic heterocycles. The van der Waals surface area contributed by atoms with Crippen molar-refractivity contribution in [1.82, 2.24) is 4.90 Å². The van der Waals surface area contributed by atoms with Crippen LogP contribution in [0.25, 0.3) is 0 Å². The molecule has 1 amide bonds. The summed E-state index contributed by atoms with van der Waals surface area (Å²) in [6.07, 6.45) is 1.58. The standard InChI is InChI=1S/C16H25N3O2/c1-12(2)19(11-10-15(17)18-21)16(20)9-8-14-6-4-13(3)5-7-14/h4-7,12,21H,8-11H2,1-3H3,(H2,17,18). The van der Waals surface area contributed by atoms with Crippen molar-refractivity contribution in [3.63, 3.8) is 0 Å². The number of nitrogens with zero attached hydrogens (tertiary/aromatic N) is 2. The number of hydrogen-bond acceptors (Lipinski definition) is 3. The van der Waals surface area contributed by atoms with E-state index in [1.165, 1.54) is 5.56 Å². The van der Waals surface area contributed by atoms with Crippen molar-refractivity contribution >= 4 is 11.7 Å². The normalized spacial score (nSPS) is 11.7. The maximum atomic E-state index is 12.3. The highest BCUT2D eigenvalue weighted by Gasteiger charge is 2.16. The highest BCUT2D eigenvalue weighted by atomic mass is 16.4. The Hall–Kier alpha value is -2.04. The number of benzene rings is 1. The summed E-state index contributed by atoms with van der Waals surface area (Å²) in [5, 5.41) is 11.5. The first kappa shape index (κ1) is 17.0. The molecule has 0 bridgehead atoms. The lowest BCUT2D eigenvalue weighted by Crippen LogP contribution is -2.39. The second-order valence-electron chi connectivity index (χ2n) is 5.51. The first-order chi connectivity index (χ1) is 9.93. The van der Waals surface area contributed by atoms with Gasteiger partial charge >= 0.3 is 0 Å². The number of amides is 1. The molecule has 0 spiro atoms. The van der Waals surface area contributed by atoms with E-state index in [0.29, 0.717) is 19.4 Å². The summed E-state index contributed by atoms with van der Waals surface area (Å²) in [4.78, 5) is 14.1. The minimum absolute atomic E-state index is 0.0938. The fourth-order valence-corrected chi connectivity index (χ4v) is 2.11. The Labute approximate surface area is 126 Å². The van der Waals surface area contributed by atoms with Gasteiger partial charge in [0, 0.05) is 25.4 Å². The number of aryl methyl sites for hydroxylation is 2. The highest BCUT2D eigenvalue weighted by Crippen LogP contribution is 2.09. The van der Waals surface area contributed by atoms with Crippen LogP contribution in [0.1, 0.15) is 37.8 Å². The molecule has 0 atom stereocenters. The third kappa shape index (κ3) is 5.85. The minimum Gasteiger partial charge on any atom is -0.409 e. The average Bonchev–Trinajstić information content (AvgIpc) is 2.46. The molecule has 0 radical (unpaired) electrons. The van der Waals surface area contributed by atoms with Gasteiger partial charge in [-0.3, -0.25) is 4.79 Å². The third-order valence-corrected chi connectivity index (χ3v) is 3.43. The number of amidine groups is 1. The predicted molar refractivity (Wildman–Crippen MR) is 84.4 cm³/mol. The van der Waals surface area contributed by atoms with Crippen LogP contribution < -0.4 is 5.73 Å². The van der Waals surface area contributed by atoms with Crippen molar-refractivity contribution < 1.29 is 10.0 Å². The van der Waals surface area contributed by atoms with Gasteiger partial charge in [0.25, 0.3) is 0 Å². The first-order valence-corrected chi connectivity index (χ1v) is 7.25. The van der Waals surface area contributed by atoms with Crippen LogP contribution in [-0.2, 0) is 11.2 Å². The van der Waals surface area contributed by atoms with Gasteiger partial charge in [-0.25, -0.2) is 0 Å². The van der Waals surface area contributed by atoms with Crippen molar-refractivity contribution in [2.75, 3.05) is 6.54 Å². The molecule has 5 nitrogen and oxygen atoms in total. The second-order valence-corrected chi connectivity index (χ2v) is 5.51. The van der Waals surface area contributed by atoms with Crippen LogP contribution in [0.2, 0.25) is 0 Å². The highest BCUT2D eigenvalue weighted by molar-refractivity contribution is 5.81. The second kappa shape index (κ2) is 8.29. The molecule has 1 aromatic rings. The summed E-state index contributed by atoms with van der Waals surface area (Å²) in [6.45, 7) is 6.45. The van der Waals surface area contributed by atoms with E-state index in [1.54, 1.807) is 4.90 Å². The van der Waals surface area contributed by atoms with Crippen molar-refractivity contribution in [2.24, 2.45) is 10.9 Å². The van der Waals surface area contributed by atoms with E-state index in [9.17, 15) is 4.79 Å². The molecule has 116 valence electrons. The van der Waals surface area contributed by atoms with Crippen molar-refractivity contribution in [3.05, 3.63) is 35.4 Å². The molecule has 1 aromatic carbocycles. The Morgan fingerprint density at radius 1 is 1.29 bits per heavy atom. The minimum atomic E-state index is 0.0938. The van der Waals surface area contributed by atoms with Gasteiger partial charge in [0.15, 0.2) is 0 Å². The number of rotatable bonds is 7. The Morgan fingerprint density at radius 3 is 2.43 bits per heavy atom. The first-order valence-electron chi connectivity index (χ1n) is 7.25. The van der Waals surface area contributed by atoms with Crippen molar-refractivity contribution in [3.8, 4) is 0 Å². The molecule has 1 rings (SSSR count). The van der Waals surface area contributed by atoms with Crippen LogP contribution in [-0.4, -0.2) is 34.4 Å². The molecule has 0 fully saturated rings. The van der Waals surface area contributed by atoms with E-state index >= 15 is 0 Å². The summed E-state index contributed by atoms with van der Waals surface area (Å²) in [5.74, 6) is 0.239. The lowest BCUT2D eigenvalue weighted by Gasteiger charge is -2.26. The fraction of sp³-hybridized carbons (Fsp3) is 0.500. The Balaban J connectivity index is 2.54. The van der Waals surface area contributed by atoms with Crippen molar-refractivity contribution in [1.29, 1.82) is 0 Å². The molecular formula is C16H25N3O2. The molecule has 0 aliphatic carbocycles. The topological polar surface area (TPSA) is 78.9 Å². The van der Waals surface area contributed by atoms with Gasteiger partial charge in [-0.15, -0.1) is 0 Å². The van der Waals surface area contributed by atoms with Crippen LogP contribution in [0.15, 0.2) is 29.4 Å². The summed E-state index contributed by atoms with van der Waals surface area (Å²) in [5.41, 5.74) is 7.84. The number of carbonyl (C=O) groups excluding carboxylic acids is 1. The maximum Gasteiger partial charge on any atom is 0.223 e. The number of nitrogens with two attached hydrogens (primary N) is 1. The molecule has 3 N–H and O–H groups in total. The molecular weight excluding hydrogens is 266 g/mol. The Morgan fingerprint density at radius 2 is 1.90 bits per heavy atom. The van der Waals surface area contributed by atoms with E-state index in [0.717, 1.165) is 12.0 Å². The monoisotopic (exact) mass is 291 g/mol. The van der Waals surface area contributed by atoms with Crippen LogP contribution in [0, 0.1) is 6.92 Å². The zero-order valence-electron chi connectivity index (χ0n) is 13.0. The average molecular weight is 291 g/mol. The zero-order valence-corrected chi connectivity index (χ0v) is 13.0. The number of carbonyl (C=O) groups is 1. The molecule has 0 saturated heterocycles. The van der Waals surface area contributed by atoms with Gasteiger partial charge in [0.05, 0.1) is 0 Å². The van der Waals surface area contributed by atoms with Gasteiger partial charge in [0.1, 0.15) is 5.84 Å². The summed E-state index contributed by atoms with van der Waals surface area (Å²) in [7, 11) is 0. The lowest BCUT2D eigenvalue weighted by molar-refractivity contribution is -0.132. The Kier molecular flexibility index (Phi) is 6.72.